The summed E-state index contributed by atoms with van der Waals surface area (Å²) in [4.78, 5) is 6.86. The first-order valence-electron chi connectivity index (χ1n) is 6.08. The lowest BCUT2D eigenvalue weighted by molar-refractivity contribution is -0.0132. The molecule has 1 atom stereocenters. The van der Waals surface area contributed by atoms with E-state index in [1.54, 1.807) is 0 Å². The number of hydrogen-bond donors (Lipinski definition) is 2. The van der Waals surface area contributed by atoms with E-state index < -0.39 is 0 Å². The molecule has 0 radical (unpaired) electrons. The van der Waals surface area contributed by atoms with Crippen LogP contribution in [0.5, 0.6) is 0 Å². The van der Waals surface area contributed by atoms with E-state index in [2.05, 4.69) is 22.2 Å². The van der Waals surface area contributed by atoms with Gasteiger partial charge in [0.25, 0.3) is 0 Å². The molecule has 1 saturated heterocycles. The lowest BCUT2D eigenvalue weighted by Crippen LogP contribution is -2.44. The van der Waals surface area contributed by atoms with E-state index in [4.69, 9.17) is 10.6 Å². The highest BCUT2D eigenvalue weighted by Gasteiger charge is 2.21. The average molecular weight is 236 g/mol. The first kappa shape index (κ1) is 12.3. The third kappa shape index (κ3) is 3.15. The molecule has 2 rings (SSSR count). The smallest absolute Gasteiger partial charge is 0.140 e. The van der Waals surface area contributed by atoms with Gasteiger partial charge in [-0.05, 0) is 18.6 Å². The van der Waals surface area contributed by atoms with E-state index >= 15 is 0 Å². The summed E-state index contributed by atoms with van der Waals surface area (Å²) in [5, 5.41) is 0. The Morgan fingerprint density at radius 1 is 1.59 bits per heavy atom. The van der Waals surface area contributed by atoms with Crippen molar-refractivity contribution >= 4 is 5.82 Å². The molecular weight excluding hydrogens is 216 g/mol. The summed E-state index contributed by atoms with van der Waals surface area (Å²) in [5.41, 5.74) is 3.62. The van der Waals surface area contributed by atoms with Crippen LogP contribution in [-0.2, 0) is 11.3 Å². The van der Waals surface area contributed by atoms with Crippen molar-refractivity contribution in [2.45, 2.75) is 25.9 Å². The number of aromatic nitrogens is 1. The van der Waals surface area contributed by atoms with Gasteiger partial charge in [0.2, 0.25) is 0 Å². The number of nitrogens with one attached hydrogen (secondary N) is 1. The van der Waals surface area contributed by atoms with E-state index in [-0.39, 0.29) is 0 Å². The molecule has 0 amide bonds. The zero-order chi connectivity index (χ0) is 12.1. The van der Waals surface area contributed by atoms with Gasteiger partial charge in [-0.15, -0.1) is 0 Å². The summed E-state index contributed by atoms with van der Waals surface area (Å²) < 4.78 is 5.49. The average Bonchev–Trinajstić information content (AvgIpc) is 2.39. The van der Waals surface area contributed by atoms with Crippen LogP contribution in [0.25, 0.3) is 0 Å². The monoisotopic (exact) mass is 236 g/mol. The topological polar surface area (TPSA) is 63.4 Å². The Hall–Kier alpha value is -1.17. The van der Waals surface area contributed by atoms with Gasteiger partial charge in [-0.1, -0.05) is 13.0 Å². The molecule has 0 bridgehead atoms. The number of ether oxygens (including phenoxy) is 1. The largest absolute Gasteiger partial charge is 0.378 e. The highest BCUT2D eigenvalue weighted by molar-refractivity contribution is 5.33. The van der Waals surface area contributed by atoms with E-state index in [9.17, 15) is 0 Å². The summed E-state index contributed by atoms with van der Waals surface area (Å²) in [5.74, 6) is 6.07. The second-order valence-corrected chi connectivity index (χ2v) is 4.27. The van der Waals surface area contributed by atoms with Crippen molar-refractivity contribution in [2.75, 3.05) is 25.2 Å². The van der Waals surface area contributed by atoms with Crippen LogP contribution < -0.4 is 11.3 Å². The highest BCUT2D eigenvalue weighted by atomic mass is 16.5. The number of hydrazine groups is 1. The van der Waals surface area contributed by atoms with Crippen LogP contribution in [0, 0.1) is 0 Å². The molecule has 17 heavy (non-hydrogen) atoms. The number of anilines is 1. The summed E-state index contributed by atoms with van der Waals surface area (Å²) in [6.45, 7) is 5.66. The summed E-state index contributed by atoms with van der Waals surface area (Å²) in [7, 11) is 0. The van der Waals surface area contributed by atoms with Crippen molar-refractivity contribution in [1.82, 2.24) is 9.88 Å². The fourth-order valence-electron chi connectivity index (χ4n) is 2.13. The molecule has 0 saturated carbocycles. The maximum atomic E-state index is 5.49. The lowest BCUT2D eigenvalue weighted by Gasteiger charge is -2.34. The van der Waals surface area contributed by atoms with Crippen LogP contribution >= 0.6 is 0 Å². The second kappa shape index (κ2) is 5.95. The number of nitrogens with two attached hydrogens (primary N) is 1. The van der Waals surface area contributed by atoms with Crippen LogP contribution in [0.2, 0.25) is 0 Å². The minimum atomic E-state index is 0.500. The van der Waals surface area contributed by atoms with Gasteiger partial charge in [0, 0.05) is 19.1 Å². The van der Waals surface area contributed by atoms with Crippen LogP contribution in [0.4, 0.5) is 5.82 Å². The molecule has 0 aromatic carbocycles. The number of pyridine rings is 1. The van der Waals surface area contributed by atoms with Crippen molar-refractivity contribution in [1.29, 1.82) is 0 Å². The molecule has 1 fully saturated rings. The quantitative estimate of drug-likeness (QED) is 0.602. The molecule has 5 heteroatoms. The molecule has 1 aliphatic heterocycles. The van der Waals surface area contributed by atoms with Crippen molar-refractivity contribution in [3.05, 3.63) is 23.9 Å². The maximum absolute atomic E-state index is 5.49. The first-order valence-corrected chi connectivity index (χ1v) is 6.08. The third-order valence-corrected chi connectivity index (χ3v) is 3.14. The Labute approximate surface area is 102 Å². The third-order valence-electron chi connectivity index (χ3n) is 3.14. The van der Waals surface area contributed by atoms with Crippen molar-refractivity contribution < 1.29 is 4.74 Å². The summed E-state index contributed by atoms with van der Waals surface area (Å²) in [6, 6.07) is 6.36. The van der Waals surface area contributed by atoms with E-state index in [1.165, 1.54) is 0 Å². The number of morpholine rings is 1. The first-order chi connectivity index (χ1) is 8.33. The van der Waals surface area contributed by atoms with Gasteiger partial charge in [-0.2, -0.15) is 0 Å². The predicted molar refractivity (Wildman–Crippen MR) is 67.4 cm³/mol. The highest BCUT2D eigenvalue weighted by Crippen LogP contribution is 2.14. The fraction of sp³-hybridized carbons (Fsp3) is 0.583. The van der Waals surface area contributed by atoms with Gasteiger partial charge < -0.3 is 10.2 Å². The Morgan fingerprint density at radius 2 is 2.47 bits per heavy atom. The van der Waals surface area contributed by atoms with Crippen LogP contribution in [0.15, 0.2) is 18.2 Å². The molecular formula is C12H20N4O. The Balaban J connectivity index is 2.02. The van der Waals surface area contributed by atoms with Crippen LogP contribution in [-0.4, -0.2) is 35.7 Å². The Kier molecular flexibility index (Phi) is 4.30. The number of nitrogen functional groups attached to an aromatic ring is 1. The predicted octanol–water partition coefficient (Wildman–Crippen LogP) is 0.978. The molecule has 5 nitrogen and oxygen atoms in total. The number of hydrogen-bond acceptors (Lipinski definition) is 5. The molecule has 0 aliphatic carbocycles. The standard InChI is InChI=1S/C12H20N4O/c1-2-11-9-17-7-6-16(11)8-10-4-3-5-12(14-10)15-13/h3-5,11H,2,6-9,13H2,1H3,(H,14,15). The lowest BCUT2D eigenvalue weighted by atomic mass is 10.1. The van der Waals surface area contributed by atoms with Gasteiger partial charge in [-0.25, -0.2) is 10.8 Å². The normalized spacial score (nSPS) is 21.4. The van der Waals surface area contributed by atoms with E-state index in [1.807, 2.05) is 18.2 Å². The van der Waals surface area contributed by atoms with Crippen molar-refractivity contribution in [3.8, 4) is 0 Å². The van der Waals surface area contributed by atoms with Crippen molar-refractivity contribution in [3.63, 3.8) is 0 Å². The zero-order valence-corrected chi connectivity index (χ0v) is 10.2. The van der Waals surface area contributed by atoms with Gasteiger partial charge in [0.1, 0.15) is 5.82 Å². The molecule has 3 N–H and O–H groups in total. The minimum Gasteiger partial charge on any atom is -0.378 e. The van der Waals surface area contributed by atoms with Gasteiger partial charge in [0.05, 0.1) is 18.9 Å². The summed E-state index contributed by atoms with van der Waals surface area (Å²) in [6.07, 6.45) is 1.11. The molecule has 1 aliphatic rings. The summed E-state index contributed by atoms with van der Waals surface area (Å²) >= 11 is 0. The van der Waals surface area contributed by atoms with Crippen LogP contribution in [0.1, 0.15) is 19.0 Å². The molecule has 0 spiro atoms. The van der Waals surface area contributed by atoms with Crippen LogP contribution in [0.3, 0.4) is 0 Å². The number of rotatable bonds is 4. The fourth-order valence-corrected chi connectivity index (χ4v) is 2.13. The molecule has 94 valence electrons. The SMILES string of the molecule is CCC1COCCN1Cc1cccc(NN)n1. The Bertz CT molecular complexity index is 358. The van der Waals surface area contributed by atoms with Crippen molar-refractivity contribution in [2.24, 2.45) is 5.84 Å². The molecule has 1 unspecified atom stereocenters. The zero-order valence-electron chi connectivity index (χ0n) is 10.2. The molecule has 2 heterocycles. The van der Waals surface area contributed by atoms with E-state index in [0.29, 0.717) is 11.9 Å². The van der Waals surface area contributed by atoms with Gasteiger partial charge >= 0.3 is 0 Å². The molecule has 1 aromatic heterocycles. The Morgan fingerprint density at radius 3 is 3.24 bits per heavy atom. The van der Waals surface area contributed by atoms with Gasteiger partial charge in [0.15, 0.2) is 0 Å². The van der Waals surface area contributed by atoms with E-state index in [0.717, 1.165) is 38.4 Å². The van der Waals surface area contributed by atoms with Gasteiger partial charge in [-0.3, -0.25) is 4.90 Å². The molecule has 1 aromatic rings. The number of nitrogens with zero attached hydrogens (tertiary/aromatic N) is 2. The second-order valence-electron chi connectivity index (χ2n) is 4.27. The minimum absolute atomic E-state index is 0.500. The maximum Gasteiger partial charge on any atom is 0.140 e.